The van der Waals surface area contributed by atoms with E-state index < -0.39 is 29.7 Å². The molecule has 1 amide bonds. The van der Waals surface area contributed by atoms with Crippen LogP contribution in [0.25, 0.3) is 0 Å². The fourth-order valence-electron chi connectivity index (χ4n) is 2.26. The van der Waals surface area contributed by atoms with Crippen molar-refractivity contribution in [3.05, 3.63) is 65.2 Å². The second-order valence-electron chi connectivity index (χ2n) is 5.49. The zero-order valence-electron chi connectivity index (χ0n) is 13.7. The Morgan fingerprint density at radius 2 is 1.65 bits per heavy atom. The fourth-order valence-corrected chi connectivity index (χ4v) is 2.26. The predicted molar refractivity (Wildman–Crippen MR) is 86.5 cm³/mol. The monoisotopic (exact) mass is 367 g/mol. The van der Waals surface area contributed by atoms with Crippen LogP contribution >= 0.6 is 0 Å². The number of carbonyl (C=O) groups is 2. The summed E-state index contributed by atoms with van der Waals surface area (Å²) >= 11 is 0. The zero-order valence-corrected chi connectivity index (χ0v) is 13.7. The van der Waals surface area contributed by atoms with E-state index in [0.717, 1.165) is 19.2 Å². The average molecular weight is 367 g/mol. The molecule has 0 bridgehead atoms. The van der Waals surface area contributed by atoms with Gasteiger partial charge in [-0.25, -0.2) is 4.79 Å². The minimum absolute atomic E-state index is 0.0178. The maximum atomic E-state index is 12.6. The minimum atomic E-state index is -4.45. The molecule has 0 aliphatic rings. The second-order valence-corrected chi connectivity index (χ2v) is 5.49. The fraction of sp³-hybridized carbons (Fsp3) is 0.222. The Balaban J connectivity index is 2.13. The van der Waals surface area contributed by atoms with Crippen molar-refractivity contribution in [1.82, 2.24) is 5.32 Å². The number of hydrogen-bond acceptors (Lipinski definition) is 4. The number of phenolic OH excluding ortho intramolecular Hbond substituents is 1. The summed E-state index contributed by atoms with van der Waals surface area (Å²) in [5, 5.41) is 11.7. The van der Waals surface area contributed by atoms with Crippen LogP contribution in [0.5, 0.6) is 5.75 Å². The molecule has 138 valence electrons. The summed E-state index contributed by atoms with van der Waals surface area (Å²) in [6.07, 6.45) is -4.48. The lowest BCUT2D eigenvalue weighted by atomic mass is 10.0. The SMILES string of the molecule is COC(=O)[C@@H](Cc1ccc(C(F)(F)F)cc1)NC(=O)c1ccc(O)cc1. The van der Waals surface area contributed by atoms with E-state index in [1.165, 1.54) is 36.4 Å². The van der Waals surface area contributed by atoms with Crippen LogP contribution in [0.1, 0.15) is 21.5 Å². The second kappa shape index (κ2) is 7.90. The van der Waals surface area contributed by atoms with E-state index in [1.54, 1.807) is 0 Å². The highest BCUT2D eigenvalue weighted by Crippen LogP contribution is 2.29. The maximum absolute atomic E-state index is 12.6. The van der Waals surface area contributed by atoms with E-state index >= 15 is 0 Å². The summed E-state index contributed by atoms with van der Waals surface area (Å²) in [5.74, 6) is -1.32. The summed E-state index contributed by atoms with van der Waals surface area (Å²) in [4.78, 5) is 24.1. The molecule has 1 atom stereocenters. The number of halogens is 3. The van der Waals surface area contributed by atoms with Gasteiger partial charge in [0.2, 0.25) is 0 Å². The van der Waals surface area contributed by atoms with E-state index in [4.69, 9.17) is 0 Å². The number of amides is 1. The lowest BCUT2D eigenvalue weighted by Gasteiger charge is -2.17. The van der Waals surface area contributed by atoms with E-state index in [1.807, 2.05) is 0 Å². The highest BCUT2D eigenvalue weighted by Gasteiger charge is 2.30. The van der Waals surface area contributed by atoms with Gasteiger partial charge in [0.25, 0.3) is 5.91 Å². The van der Waals surface area contributed by atoms with Gasteiger partial charge in [-0.3, -0.25) is 4.79 Å². The lowest BCUT2D eigenvalue weighted by molar-refractivity contribution is -0.143. The van der Waals surface area contributed by atoms with Gasteiger partial charge in [-0.1, -0.05) is 12.1 Å². The van der Waals surface area contributed by atoms with Crippen LogP contribution in [0.2, 0.25) is 0 Å². The Kier molecular flexibility index (Phi) is 5.86. The third-order valence-corrected chi connectivity index (χ3v) is 3.64. The Hall–Kier alpha value is -3.03. The number of benzene rings is 2. The molecular weight excluding hydrogens is 351 g/mol. The molecule has 0 fully saturated rings. The molecule has 26 heavy (non-hydrogen) atoms. The zero-order chi connectivity index (χ0) is 19.3. The van der Waals surface area contributed by atoms with Crippen LogP contribution in [-0.2, 0) is 22.1 Å². The summed E-state index contributed by atoms with van der Waals surface area (Å²) in [5.41, 5.74) is -0.160. The van der Waals surface area contributed by atoms with Crippen LogP contribution in [0.15, 0.2) is 48.5 Å². The van der Waals surface area contributed by atoms with Crippen molar-refractivity contribution in [3.63, 3.8) is 0 Å². The molecule has 0 spiro atoms. The Morgan fingerprint density at radius 3 is 2.15 bits per heavy atom. The summed E-state index contributed by atoms with van der Waals surface area (Å²) in [7, 11) is 1.15. The molecule has 0 aliphatic carbocycles. The van der Waals surface area contributed by atoms with Gasteiger partial charge in [0, 0.05) is 12.0 Å². The van der Waals surface area contributed by atoms with Crippen LogP contribution < -0.4 is 5.32 Å². The lowest BCUT2D eigenvalue weighted by Crippen LogP contribution is -2.43. The molecule has 0 saturated heterocycles. The Labute approximate surface area is 147 Å². The van der Waals surface area contributed by atoms with E-state index in [2.05, 4.69) is 10.1 Å². The topological polar surface area (TPSA) is 75.6 Å². The number of aromatic hydroxyl groups is 1. The van der Waals surface area contributed by atoms with Gasteiger partial charge in [-0.05, 0) is 42.0 Å². The van der Waals surface area contributed by atoms with Gasteiger partial charge in [-0.15, -0.1) is 0 Å². The van der Waals surface area contributed by atoms with Crippen molar-refractivity contribution >= 4 is 11.9 Å². The molecule has 2 aromatic carbocycles. The third-order valence-electron chi connectivity index (χ3n) is 3.64. The first kappa shape index (κ1) is 19.3. The van der Waals surface area contributed by atoms with Crippen molar-refractivity contribution in [1.29, 1.82) is 0 Å². The average Bonchev–Trinajstić information content (AvgIpc) is 2.60. The summed E-state index contributed by atoms with van der Waals surface area (Å²) in [6, 6.07) is 8.61. The van der Waals surface area contributed by atoms with Crippen molar-refractivity contribution in [2.24, 2.45) is 0 Å². The number of methoxy groups -OCH3 is 1. The van der Waals surface area contributed by atoms with E-state index in [0.29, 0.717) is 5.56 Å². The summed E-state index contributed by atoms with van der Waals surface area (Å²) < 4.78 is 42.5. The molecule has 2 N–H and O–H groups in total. The quantitative estimate of drug-likeness (QED) is 0.797. The molecular formula is C18H16F3NO4. The molecule has 0 heterocycles. The van der Waals surface area contributed by atoms with Gasteiger partial charge in [0.05, 0.1) is 12.7 Å². The predicted octanol–water partition coefficient (Wildman–Crippen LogP) is 2.93. The molecule has 8 heteroatoms. The molecule has 0 saturated carbocycles. The maximum Gasteiger partial charge on any atom is 0.416 e. The highest BCUT2D eigenvalue weighted by atomic mass is 19.4. The number of esters is 1. The first-order valence-corrected chi connectivity index (χ1v) is 7.54. The normalized spacial score (nSPS) is 12.3. The van der Waals surface area contributed by atoms with Gasteiger partial charge < -0.3 is 15.2 Å². The molecule has 5 nitrogen and oxygen atoms in total. The number of alkyl halides is 3. The van der Waals surface area contributed by atoms with Crippen LogP contribution in [0.3, 0.4) is 0 Å². The van der Waals surface area contributed by atoms with Crippen molar-refractivity contribution < 1.29 is 32.6 Å². The number of ether oxygens (including phenoxy) is 1. The largest absolute Gasteiger partial charge is 0.508 e. The first-order valence-electron chi connectivity index (χ1n) is 7.54. The summed E-state index contributed by atoms with van der Waals surface area (Å²) in [6.45, 7) is 0. The third kappa shape index (κ3) is 4.98. The number of hydrogen-bond donors (Lipinski definition) is 2. The van der Waals surface area contributed by atoms with Gasteiger partial charge in [0.1, 0.15) is 11.8 Å². The minimum Gasteiger partial charge on any atom is -0.508 e. The Morgan fingerprint density at radius 1 is 1.08 bits per heavy atom. The number of phenols is 1. The van der Waals surface area contributed by atoms with E-state index in [-0.39, 0.29) is 17.7 Å². The first-order chi connectivity index (χ1) is 12.2. The smallest absolute Gasteiger partial charge is 0.416 e. The molecule has 0 aliphatic heterocycles. The van der Waals surface area contributed by atoms with Gasteiger partial charge in [0.15, 0.2) is 0 Å². The number of nitrogens with one attached hydrogen (secondary N) is 1. The standard InChI is InChI=1S/C18H16F3NO4/c1-26-17(25)15(22-16(24)12-4-8-14(23)9-5-12)10-11-2-6-13(7-3-11)18(19,20)21/h2-9,15,23H,10H2,1H3,(H,22,24)/t15-/m1/s1. The van der Waals surface area contributed by atoms with Crippen molar-refractivity contribution in [2.75, 3.05) is 7.11 Å². The van der Waals surface area contributed by atoms with Crippen molar-refractivity contribution in [2.45, 2.75) is 18.6 Å². The van der Waals surface area contributed by atoms with E-state index in [9.17, 15) is 27.9 Å². The van der Waals surface area contributed by atoms with Crippen LogP contribution in [0.4, 0.5) is 13.2 Å². The molecule has 2 rings (SSSR count). The molecule has 0 aromatic heterocycles. The van der Waals surface area contributed by atoms with Crippen LogP contribution in [0, 0.1) is 0 Å². The van der Waals surface area contributed by atoms with Crippen molar-refractivity contribution in [3.8, 4) is 5.75 Å². The number of carbonyl (C=O) groups excluding carboxylic acids is 2. The number of rotatable bonds is 5. The molecule has 0 unspecified atom stereocenters. The van der Waals surface area contributed by atoms with Gasteiger partial charge in [-0.2, -0.15) is 13.2 Å². The molecule has 2 aromatic rings. The van der Waals surface area contributed by atoms with Gasteiger partial charge >= 0.3 is 12.1 Å². The Bertz CT molecular complexity index is 771. The highest BCUT2D eigenvalue weighted by molar-refractivity contribution is 5.96. The molecule has 0 radical (unpaired) electrons. The van der Waals surface area contributed by atoms with Crippen LogP contribution in [-0.4, -0.2) is 30.1 Å².